The van der Waals surface area contributed by atoms with E-state index < -0.39 is 12.0 Å². The van der Waals surface area contributed by atoms with Crippen molar-refractivity contribution in [3.8, 4) is 0 Å². The molecule has 0 saturated heterocycles. The van der Waals surface area contributed by atoms with Gasteiger partial charge in [-0.15, -0.1) is 11.3 Å². The van der Waals surface area contributed by atoms with Crippen molar-refractivity contribution in [3.05, 3.63) is 16.6 Å². The summed E-state index contributed by atoms with van der Waals surface area (Å²) in [5.41, 5.74) is 0. The molecule has 1 heterocycles. The number of thiazole rings is 1. The molecular weight excluding hydrogens is 536 g/mol. The van der Waals surface area contributed by atoms with Crippen LogP contribution in [0.4, 0.5) is 0 Å². The van der Waals surface area contributed by atoms with E-state index in [-0.39, 0.29) is 36.7 Å². The van der Waals surface area contributed by atoms with Gasteiger partial charge in [0.25, 0.3) is 0 Å². The molecule has 9 heteroatoms. The predicted octanol–water partition coefficient (Wildman–Crippen LogP) is 4.81. The summed E-state index contributed by atoms with van der Waals surface area (Å²) in [4.78, 5) is 47.8. The number of aliphatic hydroxyl groups excluding tert-OH is 1. The molecule has 230 valence electrons. The second kappa shape index (κ2) is 16.0. The van der Waals surface area contributed by atoms with Gasteiger partial charge in [-0.05, 0) is 43.4 Å². The molecule has 1 aromatic heterocycles. The van der Waals surface area contributed by atoms with Crippen LogP contribution in [0, 0.1) is 23.7 Å². The molecule has 8 nitrogen and oxygen atoms in total. The second-order valence-corrected chi connectivity index (χ2v) is 14.1. The number of carbonyl (C=O) groups excluding carboxylic acids is 3. The number of hydrogen-bond donors (Lipinski definition) is 2. The van der Waals surface area contributed by atoms with E-state index in [1.807, 2.05) is 10.3 Å². The molecule has 0 radical (unpaired) electrons. The number of nitrogens with one attached hydrogen (secondary N) is 1. The fourth-order valence-corrected chi connectivity index (χ4v) is 7.52. The van der Waals surface area contributed by atoms with Crippen LogP contribution in [-0.2, 0) is 20.8 Å². The zero-order valence-electron chi connectivity index (χ0n) is 25.3. The van der Waals surface area contributed by atoms with Gasteiger partial charge in [-0.1, -0.05) is 64.2 Å². The largest absolute Gasteiger partial charge is 0.391 e. The summed E-state index contributed by atoms with van der Waals surface area (Å²) in [5, 5.41) is 17.2. The quantitative estimate of drug-likeness (QED) is 0.306. The lowest BCUT2D eigenvalue weighted by Gasteiger charge is -2.41. The van der Waals surface area contributed by atoms with E-state index in [0.29, 0.717) is 30.7 Å². The van der Waals surface area contributed by atoms with Gasteiger partial charge in [-0.3, -0.25) is 14.4 Å². The molecule has 1 aromatic rings. The Morgan fingerprint density at radius 3 is 2.17 bits per heavy atom. The number of amides is 3. The van der Waals surface area contributed by atoms with E-state index in [1.165, 1.54) is 80.4 Å². The van der Waals surface area contributed by atoms with Crippen molar-refractivity contribution in [1.82, 2.24) is 20.1 Å². The van der Waals surface area contributed by atoms with Crippen molar-refractivity contribution >= 4 is 29.1 Å². The summed E-state index contributed by atoms with van der Waals surface area (Å²) in [6.45, 7) is 0.577. The number of hydrogen-bond acceptors (Lipinski definition) is 6. The van der Waals surface area contributed by atoms with Gasteiger partial charge in [-0.25, -0.2) is 4.98 Å². The average Bonchev–Trinajstić information content (AvgIpc) is 3.64. The average molecular weight is 589 g/mol. The SMILES string of the molecule is CN(C)C(=O)CNC(=O)C[C@@H](Cc1nccs1)C(=O)N(CC1CCCCC1)[C@@H](CC1CCCCC1)[C@@H](O)CC1CC1. The minimum atomic E-state index is -0.582. The first kappa shape index (κ1) is 31.9. The van der Waals surface area contributed by atoms with Crippen molar-refractivity contribution in [2.24, 2.45) is 23.7 Å². The molecule has 0 aliphatic heterocycles. The van der Waals surface area contributed by atoms with Crippen molar-refractivity contribution in [2.75, 3.05) is 27.2 Å². The van der Waals surface area contributed by atoms with Crippen molar-refractivity contribution in [2.45, 2.75) is 115 Å². The predicted molar refractivity (Wildman–Crippen MR) is 162 cm³/mol. The molecule has 3 saturated carbocycles. The number of nitrogens with zero attached hydrogens (tertiary/aromatic N) is 3. The first-order valence-corrected chi connectivity index (χ1v) is 17.0. The minimum absolute atomic E-state index is 0.00908. The van der Waals surface area contributed by atoms with Gasteiger partial charge in [0.15, 0.2) is 0 Å². The van der Waals surface area contributed by atoms with Gasteiger partial charge in [0.2, 0.25) is 17.7 Å². The van der Waals surface area contributed by atoms with E-state index in [4.69, 9.17) is 0 Å². The van der Waals surface area contributed by atoms with E-state index in [1.54, 1.807) is 20.3 Å². The molecule has 2 N–H and O–H groups in total. The van der Waals surface area contributed by atoms with Gasteiger partial charge in [-0.2, -0.15) is 0 Å². The highest BCUT2D eigenvalue weighted by molar-refractivity contribution is 7.09. The van der Waals surface area contributed by atoms with Crippen LogP contribution in [0.15, 0.2) is 11.6 Å². The number of carbonyl (C=O) groups is 3. The molecule has 3 atom stereocenters. The molecule has 3 aliphatic carbocycles. The molecule has 3 aliphatic rings. The van der Waals surface area contributed by atoms with Crippen molar-refractivity contribution in [1.29, 1.82) is 0 Å². The molecule has 41 heavy (non-hydrogen) atoms. The lowest BCUT2D eigenvalue weighted by atomic mass is 9.81. The highest BCUT2D eigenvalue weighted by atomic mass is 32.1. The lowest BCUT2D eigenvalue weighted by molar-refractivity contribution is -0.145. The smallest absolute Gasteiger partial charge is 0.241 e. The van der Waals surface area contributed by atoms with Crippen LogP contribution in [0.3, 0.4) is 0 Å². The third-order valence-corrected chi connectivity index (χ3v) is 10.3. The Bertz CT molecular complexity index is 955. The Morgan fingerprint density at radius 1 is 0.951 bits per heavy atom. The van der Waals surface area contributed by atoms with Crippen LogP contribution < -0.4 is 5.32 Å². The Kier molecular flexibility index (Phi) is 12.5. The van der Waals surface area contributed by atoms with Crippen LogP contribution in [0.25, 0.3) is 0 Å². The van der Waals surface area contributed by atoms with Crippen molar-refractivity contribution < 1.29 is 19.5 Å². The highest BCUT2D eigenvalue weighted by Crippen LogP contribution is 2.38. The fraction of sp³-hybridized carbons (Fsp3) is 0.812. The fourth-order valence-electron chi connectivity index (χ4n) is 6.82. The zero-order valence-corrected chi connectivity index (χ0v) is 26.1. The van der Waals surface area contributed by atoms with Crippen LogP contribution in [0.5, 0.6) is 0 Å². The normalized spacial score (nSPS) is 20.7. The first-order valence-electron chi connectivity index (χ1n) is 16.1. The Labute approximate surface area is 250 Å². The monoisotopic (exact) mass is 588 g/mol. The van der Waals surface area contributed by atoms with E-state index in [2.05, 4.69) is 10.3 Å². The molecular formula is C32H52N4O4S. The molecule has 0 bridgehead atoms. The van der Waals surface area contributed by atoms with Crippen molar-refractivity contribution in [3.63, 3.8) is 0 Å². The maximum atomic E-state index is 14.7. The lowest BCUT2D eigenvalue weighted by Crippen LogP contribution is -2.53. The van der Waals surface area contributed by atoms with Crippen LogP contribution in [0.2, 0.25) is 0 Å². The summed E-state index contributed by atoms with van der Waals surface area (Å²) in [6, 6.07) is -0.217. The second-order valence-electron chi connectivity index (χ2n) is 13.1. The number of rotatable bonds is 15. The Morgan fingerprint density at radius 2 is 1.59 bits per heavy atom. The van der Waals surface area contributed by atoms with Gasteiger partial charge in [0.1, 0.15) is 0 Å². The molecule has 3 amide bonds. The molecule has 0 spiro atoms. The van der Waals surface area contributed by atoms with Gasteiger partial charge in [0.05, 0.1) is 29.6 Å². The van der Waals surface area contributed by atoms with Gasteiger partial charge < -0.3 is 20.2 Å². The van der Waals surface area contributed by atoms with Crippen LogP contribution >= 0.6 is 11.3 Å². The highest BCUT2D eigenvalue weighted by Gasteiger charge is 2.39. The van der Waals surface area contributed by atoms with Gasteiger partial charge in [0, 0.05) is 45.1 Å². The van der Waals surface area contributed by atoms with Crippen LogP contribution in [0.1, 0.15) is 101 Å². The van der Waals surface area contributed by atoms with E-state index >= 15 is 0 Å². The number of aromatic nitrogens is 1. The number of aliphatic hydroxyl groups is 1. The third kappa shape index (κ3) is 10.3. The number of likely N-dealkylation sites (N-methyl/N-ethyl adjacent to an activating group) is 1. The topological polar surface area (TPSA) is 103 Å². The Balaban J connectivity index is 1.58. The minimum Gasteiger partial charge on any atom is -0.391 e. The molecule has 4 rings (SSSR count). The first-order chi connectivity index (χ1) is 19.8. The standard InChI is InChI=1S/C32H52N4O4S/c1-35(2)31(39)21-34-29(38)19-26(20-30-33-15-16-41-30)32(40)36(22-25-11-7-4-8-12-25)27(28(37)18-24-13-14-24)17-23-9-5-3-6-10-23/h15-16,23-28,37H,3-14,17-22H2,1-2H3,(H,34,38)/t26-,27-,28-/m0/s1. The zero-order chi connectivity index (χ0) is 29.2. The van der Waals surface area contributed by atoms with E-state index in [0.717, 1.165) is 30.7 Å². The molecule has 0 unspecified atom stereocenters. The molecule has 0 aromatic carbocycles. The maximum Gasteiger partial charge on any atom is 0.241 e. The van der Waals surface area contributed by atoms with Crippen LogP contribution in [-0.4, -0.2) is 76.9 Å². The third-order valence-electron chi connectivity index (χ3n) is 9.50. The summed E-state index contributed by atoms with van der Waals surface area (Å²) in [5.74, 6) is 0.433. The van der Waals surface area contributed by atoms with Gasteiger partial charge >= 0.3 is 0 Å². The maximum absolute atomic E-state index is 14.7. The van der Waals surface area contributed by atoms with E-state index in [9.17, 15) is 19.5 Å². The summed E-state index contributed by atoms with van der Waals surface area (Å²) >= 11 is 1.50. The molecule has 3 fully saturated rings. The Hall–Kier alpha value is -2.00. The summed E-state index contributed by atoms with van der Waals surface area (Å²) in [6.07, 6.45) is 17.5. The summed E-state index contributed by atoms with van der Waals surface area (Å²) in [7, 11) is 3.32. The summed E-state index contributed by atoms with van der Waals surface area (Å²) < 4.78 is 0.